The van der Waals surface area contributed by atoms with E-state index in [4.69, 9.17) is 11.6 Å². The van der Waals surface area contributed by atoms with Crippen LogP contribution in [0.1, 0.15) is 31.2 Å². The van der Waals surface area contributed by atoms with E-state index in [1.807, 2.05) is 6.07 Å². The average Bonchev–Trinajstić information content (AvgIpc) is 3.17. The lowest BCUT2D eigenvalue weighted by Crippen LogP contribution is -2.23. The molecule has 0 bridgehead atoms. The van der Waals surface area contributed by atoms with Gasteiger partial charge in [0.2, 0.25) is 0 Å². The van der Waals surface area contributed by atoms with Crippen molar-refractivity contribution in [3.8, 4) is 0 Å². The number of rotatable bonds is 5. The van der Waals surface area contributed by atoms with Gasteiger partial charge in [0.05, 0.1) is 0 Å². The van der Waals surface area contributed by atoms with E-state index in [1.54, 1.807) is 0 Å². The van der Waals surface area contributed by atoms with Crippen LogP contribution in [0.15, 0.2) is 18.2 Å². The van der Waals surface area contributed by atoms with Crippen molar-refractivity contribution in [2.45, 2.75) is 44.3 Å². The third kappa shape index (κ3) is 2.75. The second-order valence-electron chi connectivity index (χ2n) is 5.27. The van der Waals surface area contributed by atoms with E-state index in [2.05, 4.69) is 29.4 Å². The number of anilines is 1. The van der Waals surface area contributed by atoms with Gasteiger partial charge in [0.1, 0.15) is 0 Å². The molecule has 2 aliphatic rings. The van der Waals surface area contributed by atoms with Gasteiger partial charge in [0.25, 0.3) is 0 Å². The molecule has 0 spiro atoms. The summed E-state index contributed by atoms with van der Waals surface area (Å²) >= 11 is 6.10. The zero-order valence-electron chi connectivity index (χ0n) is 10.2. The minimum absolute atomic E-state index is 0.744. The Morgan fingerprint density at radius 1 is 1.29 bits per heavy atom. The molecular weight excluding hydrogens is 232 g/mol. The van der Waals surface area contributed by atoms with Crippen molar-refractivity contribution >= 4 is 17.3 Å². The van der Waals surface area contributed by atoms with Crippen molar-refractivity contribution in [3.05, 3.63) is 28.8 Å². The van der Waals surface area contributed by atoms with Crippen molar-refractivity contribution in [1.29, 1.82) is 0 Å². The quantitative estimate of drug-likeness (QED) is 0.864. The highest BCUT2D eigenvalue weighted by atomic mass is 35.5. The molecule has 2 nitrogen and oxygen atoms in total. The fourth-order valence-electron chi connectivity index (χ4n) is 2.24. The molecule has 0 amide bonds. The average molecular weight is 251 g/mol. The predicted octanol–water partition coefficient (Wildman–Crippen LogP) is 3.19. The Kier molecular flexibility index (Phi) is 3.01. The third-order valence-electron chi connectivity index (χ3n) is 3.67. The van der Waals surface area contributed by atoms with Crippen LogP contribution in [0.5, 0.6) is 0 Å². The lowest BCUT2D eigenvalue weighted by molar-refractivity contribution is 0.685. The monoisotopic (exact) mass is 250 g/mol. The van der Waals surface area contributed by atoms with Crippen LogP contribution in [0, 0.1) is 0 Å². The zero-order chi connectivity index (χ0) is 11.8. The molecule has 1 aromatic rings. The Hall–Kier alpha value is -0.730. The van der Waals surface area contributed by atoms with E-state index in [0.29, 0.717) is 0 Å². The van der Waals surface area contributed by atoms with Gasteiger partial charge in [0.15, 0.2) is 0 Å². The summed E-state index contributed by atoms with van der Waals surface area (Å²) in [6.07, 6.45) is 5.31. The van der Waals surface area contributed by atoms with E-state index in [0.717, 1.165) is 23.7 Å². The van der Waals surface area contributed by atoms with E-state index >= 15 is 0 Å². The predicted molar refractivity (Wildman–Crippen MR) is 72.7 cm³/mol. The first-order valence-electron chi connectivity index (χ1n) is 6.48. The summed E-state index contributed by atoms with van der Waals surface area (Å²) in [5, 5.41) is 4.41. The highest BCUT2D eigenvalue weighted by Gasteiger charge is 2.28. The van der Waals surface area contributed by atoms with Gasteiger partial charge in [-0.15, -0.1) is 0 Å². The first kappa shape index (κ1) is 11.4. The molecule has 1 aromatic carbocycles. The van der Waals surface area contributed by atoms with Crippen LogP contribution >= 0.6 is 11.6 Å². The van der Waals surface area contributed by atoms with Crippen molar-refractivity contribution < 1.29 is 0 Å². The van der Waals surface area contributed by atoms with Crippen LogP contribution in [-0.4, -0.2) is 19.1 Å². The maximum Gasteiger partial charge on any atom is 0.0412 e. The minimum atomic E-state index is 0.744. The summed E-state index contributed by atoms with van der Waals surface area (Å²) in [6.45, 7) is 0.942. The molecule has 0 saturated heterocycles. The van der Waals surface area contributed by atoms with Gasteiger partial charge in [-0.2, -0.15) is 0 Å². The molecule has 1 N–H and O–H groups in total. The number of benzene rings is 1. The zero-order valence-corrected chi connectivity index (χ0v) is 11.0. The molecule has 0 aliphatic heterocycles. The van der Waals surface area contributed by atoms with Gasteiger partial charge in [-0.1, -0.05) is 11.6 Å². The first-order valence-corrected chi connectivity index (χ1v) is 6.86. The maximum absolute atomic E-state index is 6.10. The van der Waals surface area contributed by atoms with Crippen LogP contribution in [0.2, 0.25) is 5.02 Å². The Balaban J connectivity index is 1.78. The Morgan fingerprint density at radius 2 is 2.06 bits per heavy atom. The summed E-state index contributed by atoms with van der Waals surface area (Å²) in [5.41, 5.74) is 2.67. The van der Waals surface area contributed by atoms with Gasteiger partial charge in [-0.3, -0.25) is 0 Å². The van der Waals surface area contributed by atoms with Gasteiger partial charge >= 0.3 is 0 Å². The summed E-state index contributed by atoms with van der Waals surface area (Å²) in [4.78, 5) is 2.40. The summed E-state index contributed by atoms with van der Waals surface area (Å²) in [7, 11) is 2.20. The lowest BCUT2D eigenvalue weighted by Gasteiger charge is -2.22. The third-order valence-corrected chi connectivity index (χ3v) is 3.91. The summed E-state index contributed by atoms with van der Waals surface area (Å²) in [6, 6.07) is 7.75. The molecule has 0 aromatic heterocycles. The van der Waals surface area contributed by atoms with E-state index in [1.165, 1.54) is 36.9 Å². The first-order chi connectivity index (χ1) is 8.24. The van der Waals surface area contributed by atoms with Crippen LogP contribution in [0.4, 0.5) is 5.69 Å². The van der Waals surface area contributed by atoms with Gasteiger partial charge in [-0.25, -0.2) is 0 Å². The molecule has 2 saturated carbocycles. The number of halogens is 1. The standard InChI is InChI=1S/C14H19ClN2/c1-17(13-5-6-13)14-7-2-11(15)8-10(14)9-16-12-3-4-12/h2,7-8,12-13,16H,3-6,9H2,1H3. The normalized spacial score (nSPS) is 19.4. The largest absolute Gasteiger partial charge is 0.371 e. The molecule has 17 heavy (non-hydrogen) atoms. The second kappa shape index (κ2) is 4.51. The van der Waals surface area contributed by atoms with Crippen molar-refractivity contribution in [2.75, 3.05) is 11.9 Å². The molecule has 3 rings (SSSR count). The van der Waals surface area contributed by atoms with Gasteiger partial charge in [0, 0.05) is 36.4 Å². The van der Waals surface area contributed by atoms with Crippen molar-refractivity contribution in [3.63, 3.8) is 0 Å². The smallest absolute Gasteiger partial charge is 0.0412 e. The number of hydrogen-bond acceptors (Lipinski definition) is 2. The Morgan fingerprint density at radius 3 is 2.71 bits per heavy atom. The molecule has 0 atom stereocenters. The lowest BCUT2D eigenvalue weighted by atomic mass is 10.1. The Bertz CT molecular complexity index is 411. The van der Waals surface area contributed by atoms with Crippen LogP contribution in [0.25, 0.3) is 0 Å². The SMILES string of the molecule is CN(c1ccc(Cl)cc1CNC1CC1)C1CC1. The van der Waals surface area contributed by atoms with E-state index in [9.17, 15) is 0 Å². The summed E-state index contributed by atoms with van der Waals surface area (Å²) in [5.74, 6) is 0. The molecule has 92 valence electrons. The van der Waals surface area contributed by atoms with E-state index < -0.39 is 0 Å². The number of nitrogens with zero attached hydrogens (tertiary/aromatic N) is 1. The highest BCUT2D eigenvalue weighted by Crippen LogP contribution is 2.33. The molecule has 3 heteroatoms. The molecule has 2 aliphatic carbocycles. The minimum Gasteiger partial charge on any atom is -0.371 e. The molecular formula is C14H19ClN2. The second-order valence-corrected chi connectivity index (χ2v) is 5.71. The van der Waals surface area contributed by atoms with Crippen LogP contribution in [0.3, 0.4) is 0 Å². The van der Waals surface area contributed by atoms with Crippen LogP contribution in [-0.2, 0) is 6.54 Å². The molecule has 0 heterocycles. The highest BCUT2D eigenvalue weighted by molar-refractivity contribution is 6.30. The fourth-order valence-corrected chi connectivity index (χ4v) is 2.43. The van der Waals surface area contributed by atoms with Crippen LogP contribution < -0.4 is 10.2 Å². The number of nitrogens with one attached hydrogen (secondary N) is 1. The number of hydrogen-bond donors (Lipinski definition) is 1. The van der Waals surface area contributed by atoms with Gasteiger partial charge in [-0.05, 0) is 49.4 Å². The van der Waals surface area contributed by atoms with Gasteiger partial charge < -0.3 is 10.2 Å². The molecule has 0 radical (unpaired) electrons. The molecule has 2 fully saturated rings. The molecule has 0 unspecified atom stereocenters. The van der Waals surface area contributed by atoms with E-state index in [-0.39, 0.29) is 0 Å². The maximum atomic E-state index is 6.10. The van der Waals surface area contributed by atoms with Crippen molar-refractivity contribution in [2.24, 2.45) is 0 Å². The van der Waals surface area contributed by atoms with Crippen molar-refractivity contribution in [1.82, 2.24) is 5.32 Å². The summed E-state index contributed by atoms with van der Waals surface area (Å²) < 4.78 is 0. The fraction of sp³-hybridized carbons (Fsp3) is 0.571. The Labute approximate surface area is 108 Å². The topological polar surface area (TPSA) is 15.3 Å².